The number of nitrogens with zero attached hydrogens (tertiary/aromatic N) is 2. The van der Waals surface area contributed by atoms with E-state index in [0.717, 1.165) is 10.5 Å². The van der Waals surface area contributed by atoms with Gasteiger partial charge in [0.05, 0.1) is 13.2 Å². The Morgan fingerprint density at radius 3 is 2.15 bits per heavy atom. The fraction of sp³-hybridized carbons (Fsp3) is 0.429. The van der Waals surface area contributed by atoms with Crippen molar-refractivity contribution < 1.29 is 19.8 Å². The Kier molecular flexibility index (Phi) is 6.69. The van der Waals surface area contributed by atoms with Crippen molar-refractivity contribution in [3.05, 3.63) is 35.9 Å². The first-order valence-corrected chi connectivity index (χ1v) is 6.40. The Morgan fingerprint density at radius 2 is 1.60 bits per heavy atom. The summed E-state index contributed by atoms with van der Waals surface area (Å²) in [5.41, 5.74) is 0.881. The zero-order valence-corrected chi connectivity index (χ0v) is 11.5. The van der Waals surface area contributed by atoms with Gasteiger partial charge in [-0.1, -0.05) is 30.3 Å². The summed E-state index contributed by atoms with van der Waals surface area (Å²) in [6.07, 6.45) is 0. The zero-order valence-electron chi connectivity index (χ0n) is 11.5. The van der Waals surface area contributed by atoms with Crippen molar-refractivity contribution in [2.24, 2.45) is 0 Å². The second kappa shape index (κ2) is 8.29. The average molecular weight is 280 g/mol. The maximum Gasteiger partial charge on any atom is 0.312 e. The normalized spacial score (nSPS) is 10.2. The lowest BCUT2D eigenvalue weighted by Gasteiger charge is -2.24. The third-order valence-corrected chi connectivity index (χ3v) is 2.84. The summed E-state index contributed by atoms with van der Waals surface area (Å²) in [7, 11) is 1.45. The minimum Gasteiger partial charge on any atom is -0.395 e. The van der Waals surface area contributed by atoms with Crippen LogP contribution in [0.5, 0.6) is 0 Å². The van der Waals surface area contributed by atoms with Gasteiger partial charge in [-0.2, -0.15) is 0 Å². The Labute approximate surface area is 118 Å². The van der Waals surface area contributed by atoms with Crippen molar-refractivity contribution >= 4 is 11.8 Å². The zero-order chi connectivity index (χ0) is 15.0. The molecule has 0 saturated carbocycles. The van der Waals surface area contributed by atoms with Crippen LogP contribution in [0.3, 0.4) is 0 Å². The highest BCUT2D eigenvalue weighted by molar-refractivity contribution is 6.34. The van der Waals surface area contributed by atoms with Gasteiger partial charge < -0.3 is 20.0 Å². The third kappa shape index (κ3) is 4.64. The van der Waals surface area contributed by atoms with Crippen LogP contribution < -0.4 is 0 Å². The monoisotopic (exact) mass is 280 g/mol. The minimum absolute atomic E-state index is 0.0897. The SMILES string of the molecule is CN(CCO)C(=O)C(=O)N(CCO)Cc1ccccc1. The molecule has 0 aliphatic heterocycles. The number of amides is 2. The Hall–Kier alpha value is -1.92. The lowest BCUT2D eigenvalue weighted by Crippen LogP contribution is -2.45. The number of likely N-dealkylation sites (N-methyl/N-ethyl adjacent to an activating group) is 1. The molecule has 0 spiro atoms. The molecule has 1 rings (SSSR count). The maximum absolute atomic E-state index is 12.1. The number of benzene rings is 1. The van der Waals surface area contributed by atoms with Crippen LogP contribution >= 0.6 is 0 Å². The number of carbonyl (C=O) groups excluding carboxylic acids is 2. The van der Waals surface area contributed by atoms with Crippen LogP contribution in [0.2, 0.25) is 0 Å². The van der Waals surface area contributed by atoms with Crippen LogP contribution in [0.1, 0.15) is 5.56 Å². The number of aliphatic hydroxyl groups excluding tert-OH is 2. The molecule has 1 aromatic rings. The van der Waals surface area contributed by atoms with Gasteiger partial charge in [0.25, 0.3) is 0 Å². The van der Waals surface area contributed by atoms with Crippen LogP contribution in [0.15, 0.2) is 30.3 Å². The van der Waals surface area contributed by atoms with Gasteiger partial charge in [0, 0.05) is 26.7 Å². The van der Waals surface area contributed by atoms with Gasteiger partial charge in [0.1, 0.15) is 0 Å². The first kappa shape index (κ1) is 16.1. The van der Waals surface area contributed by atoms with E-state index in [1.165, 1.54) is 11.9 Å². The summed E-state index contributed by atoms with van der Waals surface area (Å²) < 4.78 is 0. The molecule has 0 saturated heterocycles. The summed E-state index contributed by atoms with van der Waals surface area (Å²) >= 11 is 0. The molecule has 6 heteroatoms. The standard InChI is InChI=1S/C14H20N2O4/c1-15(7-9-17)13(19)14(20)16(8-10-18)11-12-5-3-2-4-6-12/h2-6,17-18H,7-11H2,1H3. The van der Waals surface area contributed by atoms with Gasteiger partial charge in [-0.3, -0.25) is 9.59 Å². The highest BCUT2D eigenvalue weighted by Gasteiger charge is 2.24. The van der Waals surface area contributed by atoms with Gasteiger partial charge in [0.2, 0.25) is 0 Å². The molecular formula is C14H20N2O4. The summed E-state index contributed by atoms with van der Waals surface area (Å²) in [6.45, 7) is 0.0397. The average Bonchev–Trinajstić information content (AvgIpc) is 2.46. The van der Waals surface area contributed by atoms with Crippen LogP contribution in [0, 0.1) is 0 Å². The summed E-state index contributed by atoms with van der Waals surface area (Å²) in [5, 5.41) is 17.8. The number of carbonyl (C=O) groups is 2. The predicted octanol–water partition coefficient (Wildman–Crippen LogP) is -0.542. The molecule has 0 aliphatic carbocycles. The lowest BCUT2D eigenvalue weighted by molar-refractivity contribution is -0.151. The van der Waals surface area contributed by atoms with E-state index < -0.39 is 11.8 Å². The summed E-state index contributed by atoms with van der Waals surface area (Å²) in [6, 6.07) is 9.24. The second-order valence-corrected chi connectivity index (χ2v) is 4.39. The fourth-order valence-corrected chi connectivity index (χ4v) is 1.73. The molecule has 2 amide bonds. The van der Waals surface area contributed by atoms with E-state index >= 15 is 0 Å². The molecular weight excluding hydrogens is 260 g/mol. The first-order valence-electron chi connectivity index (χ1n) is 6.40. The summed E-state index contributed by atoms with van der Waals surface area (Å²) in [4.78, 5) is 26.4. The maximum atomic E-state index is 12.1. The van der Waals surface area contributed by atoms with E-state index in [9.17, 15) is 9.59 Å². The molecule has 0 fully saturated rings. The molecule has 0 heterocycles. The molecule has 0 atom stereocenters. The molecule has 0 bridgehead atoms. The van der Waals surface area contributed by atoms with E-state index in [1.807, 2.05) is 30.3 Å². The minimum atomic E-state index is -0.691. The molecule has 0 aliphatic rings. The number of hydrogen-bond donors (Lipinski definition) is 2. The van der Waals surface area contributed by atoms with Gasteiger partial charge in [0.15, 0.2) is 0 Å². The highest BCUT2D eigenvalue weighted by atomic mass is 16.3. The van der Waals surface area contributed by atoms with Crippen LogP contribution in [0.4, 0.5) is 0 Å². The van der Waals surface area contributed by atoms with E-state index in [4.69, 9.17) is 10.2 Å². The molecule has 1 aromatic carbocycles. The Bertz CT molecular complexity index is 436. The van der Waals surface area contributed by atoms with Crippen molar-refractivity contribution in [3.8, 4) is 0 Å². The highest BCUT2D eigenvalue weighted by Crippen LogP contribution is 2.05. The molecule has 2 N–H and O–H groups in total. The van der Waals surface area contributed by atoms with Crippen LogP contribution in [-0.2, 0) is 16.1 Å². The van der Waals surface area contributed by atoms with Crippen molar-refractivity contribution in [3.63, 3.8) is 0 Å². The fourth-order valence-electron chi connectivity index (χ4n) is 1.73. The number of aliphatic hydroxyl groups is 2. The topological polar surface area (TPSA) is 81.1 Å². The predicted molar refractivity (Wildman–Crippen MR) is 73.7 cm³/mol. The first-order chi connectivity index (χ1) is 9.60. The molecule has 0 aromatic heterocycles. The molecule has 0 unspecified atom stereocenters. The van der Waals surface area contributed by atoms with Crippen molar-refractivity contribution in [2.45, 2.75) is 6.54 Å². The largest absolute Gasteiger partial charge is 0.395 e. The number of hydrogen-bond acceptors (Lipinski definition) is 4. The van der Waals surface area contributed by atoms with Gasteiger partial charge in [-0.05, 0) is 5.56 Å². The van der Waals surface area contributed by atoms with Gasteiger partial charge in [-0.15, -0.1) is 0 Å². The van der Waals surface area contributed by atoms with Crippen LogP contribution in [0.25, 0.3) is 0 Å². The van der Waals surface area contributed by atoms with E-state index in [0.29, 0.717) is 0 Å². The lowest BCUT2D eigenvalue weighted by atomic mass is 10.2. The van der Waals surface area contributed by atoms with E-state index in [2.05, 4.69) is 0 Å². The van der Waals surface area contributed by atoms with Crippen molar-refractivity contribution in [1.29, 1.82) is 0 Å². The van der Waals surface area contributed by atoms with Crippen LogP contribution in [-0.4, -0.2) is 65.2 Å². The van der Waals surface area contributed by atoms with Gasteiger partial charge >= 0.3 is 11.8 Å². The van der Waals surface area contributed by atoms with Crippen molar-refractivity contribution in [1.82, 2.24) is 9.80 Å². The molecule has 110 valence electrons. The summed E-state index contributed by atoms with van der Waals surface area (Å²) in [5.74, 6) is -1.37. The molecule has 0 radical (unpaired) electrons. The quantitative estimate of drug-likeness (QED) is 0.686. The van der Waals surface area contributed by atoms with Gasteiger partial charge in [-0.25, -0.2) is 0 Å². The van der Waals surface area contributed by atoms with Crippen molar-refractivity contribution in [2.75, 3.05) is 33.4 Å². The third-order valence-electron chi connectivity index (χ3n) is 2.84. The second-order valence-electron chi connectivity index (χ2n) is 4.39. The van der Waals surface area contributed by atoms with E-state index in [1.54, 1.807) is 0 Å². The molecule has 20 heavy (non-hydrogen) atoms. The van der Waals surface area contributed by atoms with E-state index in [-0.39, 0.29) is 32.8 Å². The molecule has 6 nitrogen and oxygen atoms in total. The number of rotatable bonds is 6. The Morgan fingerprint density at radius 1 is 1.00 bits per heavy atom. The smallest absolute Gasteiger partial charge is 0.312 e. The Balaban J connectivity index is 2.74.